The van der Waals surface area contributed by atoms with Crippen molar-refractivity contribution >= 4 is 17.1 Å². The lowest BCUT2D eigenvalue weighted by atomic mass is 9.99. The fraction of sp³-hybridized carbons (Fsp3) is 0.500. The molecule has 0 bridgehead atoms. The third-order valence-corrected chi connectivity index (χ3v) is 4.71. The minimum absolute atomic E-state index is 0.0188. The van der Waals surface area contributed by atoms with Gasteiger partial charge in [0, 0.05) is 11.4 Å². The first-order valence-corrected chi connectivity index (χ1v) is 7.65. The van der Waals surface area contributed by atoms with E-state index >= 15 is 0 Å². The van der Waals surface area contributed by atoms with Crippen LogP contribution in [0.4, 0.5) is 0 Å². The molecule has 2 aromatic rings. The summed E-state index contributed by atoms with van der Waals surface area (Å²) in [6.07, 6.45) is 7.13. The van der Waals surface area contributed by atoms with Gasteiger partial charge in [-0.1, -0.05) is 6.92 Å². The van der Waals surface area contributed by atoms with Crippen LogP contribution in [0.25, 0.3) is 0 Å². The summed E-state index contributed by atoms with van der Waals surface area (Å²) in [5, 5.41) is 4.12. The molecule has 0 amide bonds. The first kappa shape index (κ1) is 12.5. The van der Waals surface area contributed by atoms with Crippen molar-refractivity contribution in [2.45, 2.75) is 45.6 Å². The van der Waals surface area contributed by atoms with Crippen LogP contribution in [0, 0.1) is 0 Å². The smallest absolute Gasteiger partial charge is 0.239 e. The van der Waals surface area contributed by atoms with Crippen molar-refractivity contribution in [3.63, 3.8) is 0 Å². The maximum atomic E-state index is 12.5. The van der Waals surface area contributed by atoms with E-state index in [2.05, 4.69) is 23.1 Å². The number of nitrogens with zero attached hydrogens (tertiary/aromatic N) is 3. The minimum atomic E-state index is 0.0188. The first-order chi connectivity index (χ1) is 9.29. The Balaban J connectivity index is 1.91. The monoisotopic (exact) mass is 275 g/mol. The predicted molar refractivity (Wildman–Crippen MR) is 74.7 cm³/mol. The van der Waals surface area contributed by atoms with Crippen molar-refractivity contribution in [1.29, 1.82) is 0 Å². The van der Waals surface area contributed by atoms with Crippen molar-refractivity contribution in [3.8, 4) is 0 Å². The Morgan fingerprint density at radius 1 is 1.42 bits per heavy atom. The van der Waals surface area contributed by atoms with Gasteiger partial charge in [-0.2, -0.15) is 5.10 Å². The van der Waals surface area contributed by atoms with Gasteiger partial charge in [0.2, 0.25) is 11.6 Å². The zero-order chi connectivity index (χ0) is 13.2. The van der Waals surface area contributed by atoms with Crippen LogP contribution in [0.15, 0.2) is 12.4 Å². The van der Waals surface area contributed by atoms with Gasteiger partial charge in [0.25, 0.3) is 0 Å². The molecule has 2 heterocycles. The molecule has 1 aliphatic carbocycles. The van der Waals surface area contributed by atoms with E-state index in [1.807, 2.05) is 0 Å². The molecule has 0 saturated heterocycles. The van der Waals surface area contributed by atoms with Gasteiger partial charge in [-0.3, -0.25) is 4.79 Å². The van der Waals surface area contributed by atoms with E-state index in [-0.39, 0.29) is 5.78 Å². The Kier molecular flexibility index (Phi) is 3.46. The SMILES string of the molecule is CCCn1ncnc1C(=O)c1cc2c(s1)CCCC2. The second-order valence-electron chi connectivity index (χ2n) is 4.90. The van der Waals surface area contributed by atoms with Gasteiger partial charge in [0.1, 0.15) is 6.33 Å². The lowest BCUT2D eigenvalue weighted by molar-refractivity contribution is 0.102. The molecule has 0 unspecified atom stereocenters. The molecule has 0 fully saturated rings. The molecule has 0 radical (unpaired) electrons. The number of fused-ring (bicyclic) bond motifs is 1. The second kappa shape index (κ2) is 5.25. The number of carbonyl (C=O) groups is 1. The van der Waals surface area contributed by atoms with E-state index < -0.39 is 0 Å². The molecular formula is C14H17N3OS. The van der Waals surface area contributed by atoms with Crippen molar-refractivity contribution in [2.75, 3.05) is 0 Å². The van der Waals surface area contributed by atoms with E-state index in [9.17, 15) is 4.79 Å². The highest BCUT2D eigenvalue weighted by Gasteiger charge is 2.21. The third kappa shape index (κ3) is 2.34. The molecule has 0 aromatic carbocycles. The van der Waals surface area contributed by atoms with Gasteiger partial charge >= 0.3 is 0 Å². The number of hydrogen-bond acceptors (Lipinski definition) is 4. The fourth-order valence-electron chi connectivity index (χ4n) is 2.53. The summed E-state index contributed by atoms with van der Waals surface area (Å²) in [6.45, 7) is 2.81. The van der Waals surface area contributed by atoms with Crippen LogP contribution in [-0.2, 0) is 19.4 Å². The third-order valence-electron chi connectivity index (χ3n) is 3.47. The van der Waals surface area contributed by atoms with Crippen molar-refractivity contribution in [3.05, 3.63) is 33.5 Å². The topological polar surface area (TPSA) is 47.8 Å². The maximum absolute atomic E-state index is 12.5. The molecule has 100 valence electrons. The van der Waals surface area contributed by atoms with Crippen LogP contribution in [0.5, 0.6) is 0 Å². The molecule has 3 rings (SSSR count). The average Bonchev–Trinajstić information content (AvgIpc) is 3.04. The number of rotatable bonds is 4. The summed E-state index contributed by atoms with van der Waals surface area (Å²) in [5.41, 5.74) is 1.36. The molecule has 5 heteroatoms. The van der Waals surface area contributed by atoms with Crippen LogP contribution in [0.2, 0.25) is 0 Å². The van der Waals surface area contributed by atoms with Crippen LogP contribution < -0.4 is 0 Å². The molecule has 0 aliphatic heterocycles. The number of aryl methyl sites for hydroxylation is 3. The Bertz CT molecular complexity index is 576. The number of carbonyl (C=O) groups excluding carboxylic acids is 1. The lowest BCUT2D eigenvalue weighted by Crippen LogP contribution is -2.11. The van der Waals surface area contributed by atoms with E-state index in [1.54, 1.807) is 16.0 Å². The van der Waals surface area contributed by atoms with Crippen molar-refractivity contribution < 1.29 is 4.79 Å². The van der Waals surface area contributed by atoms with Crippen LogP contribution in [0.1, 0.15) is 52.1 Å². The zero-order valence-corrected chi connectivity index (χ0v) is 11.9. The van der Waals surface area contributed by atoms with Crippen LogP contribution >= 0.6 is 11.3 Å². The van der Waals surface area contributed by atoms with Gasteiger partial charge in [-0.25, -0.2) is 9.67 Å². The highest BCUT2D eigenvalue weighted by molar-refractivity contribution is 7.14. The largest absolute Gasteiger partial charge is 0.284 e. The van der Waals surface area contributed by atoms with Crippen molar-refractivity contribution in [1.82, 2.24) is 14.8 Å². The van der Waals surface area contributed by atoms with Crippen LogP contribution in [0.3, 0.4) is 0 Å². The van der Waals surface area contributed by atoms with E-state index in [1.165, 1.54) is 29.6 Å². The predicted octanol–water partition coefficient (Wildman–Crippen LogP) is 2.86. The molecule has 4 nitrogen and oxygen atoms in total. The number of ketones is 1. The summed E-state index contributed by atoms with van der Waals surface area (Å²) in [5.74, 6) is 0.491. The summed E-state index contributed by atoms with van der Waals surface area (Å²) in [7, 11) is 0. The quantitative estimate of drug-likeness (QED) is 0.806. The van der Waals surface area contributed by atoms with Crippen molar-refractivity contribution in [2.24, 2.45) is 0 Å². The summed E-state index contributed by atoms with van der Waals surface area (Å²) in [4.78, 5) is 18.8. The number of thiophene rings is 1. The fourth-order valence-corrected chi connectivity index (χ4v) is 3.72. The molecule has 1 aliphatic rings. The summed E-state index contributed by atoms with van der Waals surface area (Å²) >= 11 is 1.64. The maximum Gasteiger partial charge on any atom is 0.239 e. The van der Waals surface area contributed by atoms with Crippen LogP contribution in [-0.4, -0.2) is 20.5 Å². The standard InChI is InChI=1S/C14H17N3OS/c1-2-7-17-14(15-9-16-17)13(18)12-8-10-5-3-4-6-11(10)19-12/h8-9H,2-7H2,1H3. The van der Waals surface area contributed by atoms with E-state index in [0.717, 1.165) is 30.7 Å². The number of hydrogen-bond donors (Lipinski definition) is 0. The second-order valence-corrected chi connectivity index (χ2v) is 6.04. The lowest BCUT2D eigenvalue weighted by Gasteiger charge is -2.08. The Morgan fingerprint density at radius 2 is 2.26 bits per heavy atom. The molecular weight excluding hydrogens is 258 g/mol. The normalized spacial score (nSPS) is 14.4. The molecule has 2 aromatic heterocycles. The molecule has 0 spiro atoms. The molecule has 0 atom stereocenters. The van der Waals surface area contributed by atoms with Gasteiger partial charge in [0.15, 0.2) is 0 Å². The highest BCUT2D eigenvalue weighted by Crippen LogP contribution is 2.30. The minimum Gasteiger partial charge on any atom is -0.284 e. The summed E-state index contributed by atoms with van der Waals surface area (Å²) < 4.78 is 1.71. The van der Waals surface area contributed by atoms with Gasteiger partial charge in [-0.15, -0.1) is 11.3 Å². The van der Waals surface area contributed by atoms with Gasteiger partial charge < -0.3 is 0 Å². The molecule has 0 saturated carbocycles. The summed E-state index contributed by atoms with van der Waals surface area (Å²) in [6, 6.07) is 2.06. The van der Waals surface area contributed by atoms with Gasteiger partial charge in [0.05, 0.1) is 4.88 Å². The van der Waals surface area contributed by atoms with Gasteiger partial charge in [-0.05, 0) is 43.7 Å². The Hall–Kier alpha value is -1.49. The Labute approximate surface area is 116 Å². The first-order valence-electron chi connectivity index (χ1n) is 6.83. The molecule has 19 heavy (non-hydrogen) atoms. The Morgan fingerprint density at radius 3 is 3.05 bits per heavy atom. The molecule has 0 N–H and O–H groups in total. The number of aromatic nitrogens is 3. The van der Waals surface area contributed by atoms with E-state index in [4.69, 9.17) is 0 Å². The van der Waals surface area contributed by atoms with E-state index in [0.29, 0.717) is 5.82 Å². The highest BCUT2D eigenvalue weighted by atomic mass is 32.1. The zero-order valence-electron chi connectivity index (χ0n) is 11.1. The average molecular weight is 275 g/mol.